The molecular formula is C16H24N2O3. The molecule has 0 aliphatic rings. The molecule has 2 amide bonds. The van der Waals surface area contributed by atoms with Crippen LogP contribution in [0, 0.1) is 5.41 Å². The fourth-order valence-electron chi connectivity index (χ4n) is 1.64. The Morgan fingerprint density at radius 1 is 1.24 bits per heavy atom. The van der Waals surface area contributed by atoms with Crippen LogP contribution in [0.3, 0.4) is 0 Å². The number of carbonyl (C=O) groups excluding carboxylic acids is 2. The number of carbonyl (C=O) groups is 2. The number of aliphatic hydroxyl groups is 1. The van der Waals surface area contributed by atoms with Crippen molar-refractivity contribution in [1.29, 1.82) is 0 Å². The number of hydrogen-bond acceptors (Lipinski definition) is 3. The lowest BCUT2D eigenvalue weighted by atomic mass is 9.95. The van der Waals surface area contributed by atoms with Gasteiger partial charge in [-0.1, -0.05) is 39.8 Å². The van der Waals surface area contributed by atoms with Crippen molar-refractivity contribution in [3.8, 4) is 0 Å². The van der Waals surface area contributed by atoms with Gasteiger partial charge in [0.15, 0.2) is 0 Å². The molecule has 0 aliphatic carbocycles. The first-order valence-electron chi connectivity index (χ1n) is 7.11. The number of nitrogens with one attached hydrogen (secondary N) is 2. The van der Waals surface area contributed by atoms with Gasteiger partial charge in [-0.2, -0.15) is 0 Å². The van der Waals surface area contributed by atoms with Gasteiger partial charge in [-0.3, -0.25) is 9.59 Å². The molecule has 0 aliphatic heterocycles. The van der Waals surface area contributed by atoms with Gasteiger partial charge < -0.3 is 15.7 Å². The summed E-state index contributed by atoms with van der Waals surface area (Å²) < 4.78 is 0. The minimum Gasteiger partial charge on any atom is -0.394 e. The van der Waals surface area contributed by atoms with Gasteiger partial charge in [-0.25, -0.2) is 0 Å². The van der Waals surface area contributed by atoms with Crippen LogP contribution in [-0.4, -0.2) is 29.6 Å². The second kappa shape index (κ2) is 7.22. The summed E-state index contributed by atoms with van der Waals surface area (Å²) in [5.74, 6) is -0.461. The summed E-state index contributed by atoms with van der Waals surface area (Å²) in [6.07, 6.45) is 0.638. The van der Waals surface area contributed by atoms with E-state index in [1.807, 2.05) is 27.7 Å². The molecular weight excluding hydrogens is 268 g/mol. The Balaban J connectivity index is 2.94. The Kier molecular flexibility index (Phi) is 5.90. The van der Waals surface area contributed by atoms with Crippen LogP contribution in [-0.2, 0) is 4.79 Å². The molecule has 5 heteroatoms. The Bertz CT molecular complexity index is 502. The number of amides is 2. The van der Waals surface area contributed by atoms with Crippen molar-refractivity contribution in [2.75, 3.05) is 11.9 Å². The lowest BCUT2D eigenvalue weighted by Gasteiger charge is -2.20. The first-order chi connectivity index (χ1) is 9.79. The zero-order valence-electron chi connectivity index (χ0n) is 13.1. The number of hydrogen-bond donors (Lipinski definition) is 3. The van der Waals surface area contributed by atoms with Crippen LogP contribution in [0.5, 0.6) is 0 Å². The molecule has 1 atom stereocenters. The second-order valence-corrected chi connectivity index (χ2v) is 6.01. The molecule has 3 N–H and O–H groups in total. The van der Waals surface area contributed by atoms with Gasteiger partial charge in [0.2, 0.25) is 5.91 Å². The summed E-state index contributed by atoms with van der Waals surface area (Å²) in [4.78, 5) is 24.3. The zero-order valence-corrected chi connectivity index (χ0v) is 13.1. The van der Waals surface area contributed by atoms with Crippen LogP contribution < -0.4 is 10.6 Å². The van der Waals surface area contributed by atoms with Crippen molar-refractivity contribution < 1.29 is 14.7 Å². The van der Waals surface area contributed by atoms with E-state index < -0.39 is 5.41 Å². The average molecular weight is 292 g/mol. The first kappa shape index (κ1) is 17.2. The maximum Gasteiger partial charge on any atom is 0.253 e. The van der Waals surface area contributed by atoms with Gasteiger partial charge in [0, 0.05) is 5.41 Å². The maximum atomic E-state index is 12.3. The molecule has 0 saturated carbocycles. The molecule has 1 unspecified atom stereocenters. The minimum absolute atomic E-state index is 0.112. The van der Waals surface area contributed by atoms with Gasteiger partial charge in [0.25, 0.3) is 5.91 Å². The molecule has 1 rings (SSSR count). The Labute approximate surface area is 125 Å². The molecule has 21 heavy (non-hydrogen) atoms. The average Bonchev–Trinajstić information content (AvgIpc) is 2.44. The Morgan fingerprint density at radius 2 is 1.86 bits per heavy atom. The summed E-state index contributed by atoms with van der Waals surface area (Å²) in [7, 11) is 0. The Morgan fingerprint density at radius 3 is 2.38 bits per heavy atom. The number of aliphatic hydroxyl groups excluding tert-OH is 1. The molecule has 5 nitrogen and oxygen atoms in total. The van der Waals surface area contributed by atoms with Gasteiger partial charge >= 0.3 is 0 Å². The molecule has 0 aromatic heterocycles. The lowest BCUT2D eigenvalue weighted by molar-refractivity contribution is -0.123. The quantitative estimate of drug-likeness (QED) is 0.778. The third-order valence-corrected chi connectivity index (χ3v) is 3.15. The summed E-state index contributed by atoms with van der Waals surface area (Å²) in [6, 6.07) is 6.56. The molecule has 1 aromatic rings. The maximum absolute atomic E-state index is 12.3. The van der Waals surface area contributed by atoms with Gasteiger partial charge in [0.05, 0.1) is 23.9 Å². The molecule has 0 heterocycles. The van der Waals surface area contributed by atoms with E-state index in [2.05, 4.69) is 10.6 Å². The molecule has 0 fully saturated rings. The van der Waals surface area contributed by atoms with E-state index in [4.69, 9.17) is 5.11 Å². The van der Waals surface area contributed by atoms with Gasteiger partial charge in [-0.05, 0) is 18.6 Å². The van der Waals surface area contributed by atoms with Crippen LogP contribution >= 0.6 is 0 Å². The number of benzene rings is 1. The van der Waals surface area contributed by atoms with Crippen LogP contribution in [0.1, 0.15) is 44.5 Å². The molecule has 0 saturated heterocycles. The fourth-order valence-corrected chi connectivity index (χ4v) is 1.64. The molecule has 116 valence electrons. The predicted molar refractivity (Wildman–Crippen MR) is 83.2 cm³/mol. The third-order valence-electron chi connectivity index (χ3n) is 3.15. The topological polar surface area (TPSA) is 78.4 Å². The second-order valence-electron chi connectivity index (χ2n) is 6.01. The van der Waals surface area contributed by atoms with Crippen molar-refractivity contribution in [3.05, 3.63) is 29.8 Å². The highest BCUT2D eigenvalue weighted by molar-refractivity contribution is 6.04. The molecule has 1 aromatic carbocycles. The Hall–Kier alpha value is -1.88. The van der Waals surface area contributed by atoms with Gasteiger partial charge in [0.1, 0.15) is 0 Å². The van der Waals surface area contributed by atoms with Crippen LogP contribution in [0.25, 0.3) is 0 Å². The van der Waals surface area contributed by atoms with Crippen LogP contribution in [0.15, 0.2) is 24.3 Å². The van der Waals surface area contributed by atoms with Crippen molar-refractivity contribution >= 4 is 17.5 Å². The predicted octanol–water partition coefficient (Wildman–Crippen LogP) is 2.17. The summed E-state index contributed by atoms with van der Waals surface area (Å²) in [5, 5.41) is 14.7. The number of anilines is 1. The number of para-hydroxylation sites is 1. The molecule has 0 bridgehead atoms. The standard InChI is InChI=1S/C16H24N2O3/c1-5-11(10-19)17-14(20)12-8-6-7-9-13(12)18-15(21)16(2,3)4/h6-9,11,19H,5,10H2,1-4H3,(H,17,20)(H,18,21). The zero-order chi connectivity index (χ0) is 16.0. The van der Waals surface area contributed by atoms with Crippen molar-refractivity contribution in [1.82, 2.24) is 5.32 Å². The van der Waals surface area contributed by atoms with E-state index in [0.29, 0.717) is 17.7 Å². The number of rotatable bonds is 5. The first-order valence-corrected chi connectivity index (χ1v) is 7.11. The monoisotopic (exact) mass is 292 g/mol. The minimum atomic E-state index is -0.541. The summed E-state index contributed by atoms with van der Waals surface area (Å²) in [6.45, 7) is 7.20. The smallest absolute Gasteiger partial charge is 0.253 e. The fraction of sp³-hybridized carbons (Fsp3) is 0.500. The van der Waals surface area contributed by atoms with Crippen LogP contribution in [0.4, 0.5) is 5.69 Å². The molecule has 0 radical (unpaired) electrons. The van der Waals surface area contributed by atoms with Crippen molar-refractivity contribution in [3.63, 3.8) is 0 Å². The van der Waals surface area contributed by atoms with Crippen molar-refractivity contribution in [2.24, 2.45) is 5.41 Å². The summed E-state index contributed by atoms with van der Waals surface area (Å²) >= 11 is 0. The van der Waals surface area contributed by atoms with Crippen LogP contribution in [0.2, 0.25) is 0 Å². The third kappa shape index (κ3) is 4.86. The van der Waals surface area contributed by atoms with E-state index >= 15 is 0 Å². The normalized spacial score (nSPS) is 12.6. The SMILES string of the molecule is CCC(CO)NC(=O)c1ccccc1NC(=O)C(C)(C)C. The van der Waals surface area contributed by atoms with E-state index in [1.165, 1.54) is 0 Å². The highest BCUT2D eigenvalue weighted by Gasteiger charge is 2.23. The van der Waals surface area contributed by atoms with E-state index in [-0.39, 0.29) is 24.5 Å². The highest BCUT2D eigenvalue weighted by atomic mass is 16.3. The van der Waals surface area contributed by atoms with E-state index in [9.17, 15) is 9.59 Å². The highest BCUT2D eigenvalue weighted by Crippen LogP contribution is 2.20. The van der Waals surface area contributed by atoms with Gasteiger partial charge in [-0.15, -0.1) is 0 Å². The largest absolute Gasteiger partial charge is 0.394 e. The summed E-state index contributed by atoms with van der Waals surface area (Å²) in [5.41, 5.74) is 0.324. The van der Waals surface area contributed by atoms with E-state index in [0.717, 1.165) is 0 Å². The molecule has 0 spiro atoms. The lowest BCUT2D eigenvalue weighted by Crippen LogP contribution is -2.37. The van der Waals surface area contributed by atoms with Crippen molar-refractivity contribution in [2.45, 2.75) is 40.2 Å². The van der Waals surface area contributed by atoms with E-state index in [1.54, 1.807) is 24.3 Å².